The van der Waals surface area contributed by atoms with E-state index in [1.54, 1.807) is 19.2 Å². The Morgan fingerprint density at radius 3 is 2.84 bits per heavy atom. The zero-order valence-electron chi connectivity index (χ0n) is 17.3. The minimum Gasteiger partial charge on any atom is -0.491 e. The largest absolute Gasteiger partial charge is 0.491 e. The van der Waals surface area contributed by atoms with Gasteiger partial charge in [0.25, 0.3) is 0 Å². The van der Waals surface area contributed by atoms with Gasteiger partial charge in [-0.25, -0.2) is 0 Å². The molecule has 19 heavy (non-hydrogen) atoms. The second kappa shape index (κ2) is 8.91. The van der Waals surface area contributed by atoms with Crippen LogP contribution in [0.15, 0.2) is 24.3 Å². The van der Waals surface area contributed by atoms with Crippen molar-refractivity contribution in [3.8, 4) is 5.75 Å². The van der Waals surface area contributed by atoms with E-state index in [0.717, 1.165) is 18.9 Å². The SMILES string of the molecule is [2H]C([2H])(NC([2H])(C)C([2H])([2H])[2H])C(O)COc1ccc(CCOC)cc1. The van der Waals surface area contributed by atoms with Crippen LogP contribution in [0.25, 0.3) is 0 Å². The first kappa shape index (κ1) is 8.95. The molecule has 0 radical (unpaired) electrons. The Kier molecular flexibility index (Phi) is 4.20. The highest BCUT2D eigenvalue weighted by Gasteiger charge is 2.05. The number of benzene rings is 1. The lowest BCUT2D eigenvalue weighted by atomic mass is 10.1. The van der Waals surface area contributed by atoms with Gasteiger partial charge in [0, 0.05) is 27.8 Å². The molecule has 0 bridgehead atoms. The molecule has 2 unspecified atom stereocenters. The van der Waals surface area contributed by atoms with Gasteiger partial charge >= 0.3 is 0 Å². The number of aliphatic hydroxyl groups is 1. The van der Waals surface area contributed by atoms with Crippen LogP contribution in [0.5, 0.6) is 5.75 Å². The van der Waals surface area contributed by atoms with Gasteiger partial charge in [0.2, 0.25) is 0 Å². The molecule has 4 heteroatoms. The number of ether oxygens (including phenoxy) is 2. The summed E-state index contributed by atoms with van der Waals surface area (Å²) < 4.78 is 55.4. The van der Waals surface area contributed by atoms with Crippen molar-refractivity contribution >= 4 is 0 Å². The van der Waals surface area contributed by atoms with Crippen LogP contribution in [0.2, 0.25) is 0 Å². The molecule has 1 aromatic rings. The number of methoxy groups -OCH3 is 1. The molecule has 0 saturated carbocycles. The molecule has 1 rings (SSSR count). The van der Waals surface area contributed by atoms with E-state index < -0.39 is 32.1 Å². The predicted octanol–water partition coefficient (Wildman–Crippen LogP) is 1.61. The second-order valence-corrected chi connectivity index (χ2v) is 4.11. The summed E-state index contributed by atoms with van der Waals surface area (Å²) in [6.07, 6.45) is -0.906. The zero-order chi connectivity index (χ0) is 19.3. The minimum absolute atomic E-state index is 0.394. The average Bonchev–Trinajstić information content (AvgIpc) is 2.49. The molecule has 0 aromatic heterocycles. The van der Waals surface area contributed by atoms with Crippen LogP contribution in [0.3, 0.4) is 0 Å². The molecule has 108 valence electrons. The Hall–Kier alpha value is -1.10. The third-order valence-corrected chi connectivity index (χ3v) is 2.35. The third-order valence-electron chi connectivity index (χ3n) is 2.35. The Morgan fingerprint density at radius 1 is 1.47 bits per heavy atom. The molecule has 0 fully saturated rings. The first-order chi connectivity index (χ1) is 11.4. The lowest BCUT2D eigenvalue weighted by Gasteiger charge is -2.15. The number of rotatable bonds is 9. The molecular formula is C15H25NO3. The van der Waals surface area contributed by atoms with Crippen molar-refractivity contribution in [2.24, 2.45) is 0 Å². The molecule has 0 spiro atoms. The van der Waals surface area contributed by atoms with Crippen LogP contribution in [0, 0.1) is 0 Å². The van der Waals surface area contributed by atoms with Crippen molar-refractivity contribution in [1.29, 1.82) is 0 Å². The van der Waals surface area contributed by atoms with E-state index in [1.165, 1.54) is 0 Å². The van der Waals surface area contributed by atoms with E-state index in [0.29, 0.717) is 12.4 Å². The fourth-order valence-electron chi connectivity index (χ4n) is 1.38. The number of aliphatic hydroxyl groups excluding tert-OH is 1. The summed E-state index contributed by atoms with van der Waals surface area (Å²) in [5, 5.41) is 12.0. The molecule has 2 N–H and O–H groups in total. The van der Waals surface area contributed by atoms with E-state index in [-0.39, 0.29) is 0 Å². The Bertz CT molecular complexity index is 533. The van der Waals surface area contributed by atoms with Gasteiger partial charge in [-0.05, 0) is 24.1 Å². The topological polar surface area (TPSA) is 50.7 Å². The smallest absolute Gasteiger partial charge is 0.119 e. The van der Waals surface area contributed by atoms with Crippen LogP contribution in [-0.2, 0) is 11.2 Å². The molecule has 2 atom stereocenters. The Balaban J connectivity index is 2.61. The second-order valence-electron chi connectivity index (χ2n) is 4.11. The van der Waals surface area contributed by atoms with Crippen LogP contribution in [0.1, 0.15) is 27.6 Å². The van der Waals surface area contributed by atoms with Gasteiger partial charge in [-0.1, -0.05) is 25.9 Å². The summed E-state index contributed by atoms with van der Waals surface area (Å²) in [6, 6.07) is 4.81. The van der Waals surface area contributed by atoms with E-state index in [1.807, 2.05) is 17.4 Å². The summed E-state index contributed by atoms with van der Waals surface area (Å²) in [6.45, 7) is -4.03. The van der Waals surface area contributed by atoms with Crippen molar-refractivity contribution in [3.63, 3.8) is 0 Å². The van der Waals surface area contributed by atoms with Gasteiger partial charge < -0.3 is 19.9 Å². The van der Waals surface area contributed by atoms with Crippen LogP contribution in [-0.4, -0.2) is 44.0 Å². The van der Waals surface area contributed by atoms with E-state index in [4.69, 9.17) is 17.7 Å². The summed E-state index contributed by atoms with van der Waals surface area (Å²) in [5.74, 6) is 0.445. The van der Waals surface area contributed by atoms with Crippen molar-refractivity contribution in [2.75, 3.05) is 26.8 Å². The molecule has 0 amide bonds. The number of hydrogen-bond acceptors (Lipinski definition) is 4. The lowest BCUT2D eigenvalue weighted by Crippen LogP contribution is -2.35. The molecule has 0 aliphatic rings. The molecular weight excluding hydrogens is 242 g/mol. The average molecular weight is 273 g/mol. The molecule has 0 aliphatic carbocycles. The Labute approximate surface area is 124 Å². The molecule has 1 aromatic carbocycles. The van der Waals surface area contributed by atoms with Gasteiger partial charge in [0.05, 0.1) is 6.61 Å². The first-order valence-electron chi connectivity index (χ1n) is 9.07. The highest BCUT2D eigenvalue weighted by atomic mass is 16.5. The van der Waals surface area contributed by atoms with Crippen LogP contribution < -0.4 is 10.1 Å². The van der Waals surface area contributed by atoms with Crippen molar-refractivity contribution in [2.45, 2.75) is 32.3 Å². The molecule has 0 saturated heterocycles. The zero-order valence-corrected chi connectivity index (χ0v) is 11.3. The number of hydrogen-bond donors (Lipinski definition) is 2. The monoisotopic (exact) mass is 273 g/mol. The van der Waals surface area contributed by atoms with E-state index in [9.17, 15) is 5.11 Å². The molecule has 4 nitrogen and oxygen atoms in total. The minimum atomic E-state index is -2.75. The molecule has 0 aliphatic heterocycles. The van der Waals surface area contributed by atoms with Gasteiger partial charge in [0.1, 0.15) is 18.5 Å². The van der Waals surface area contributed by atoms with E-state index in [2.05, 4.69) is 0 Å². The standard InChI is InChI=1S/C15H25NO3/c1-12(2)16-10-14(17)11-19-15-6-4-13(5-7-15)8-9-18-3/h4-7,12,14,16-17H,8-11H2,1-3H3/i1D3,10D2,12D. The lowest BCUT2D eigenvalue weighted by molar-refractivity contribution is 0.104. The van der Waals surface area contributed by atoms with Gasteiger partial charge in [-0.15, -0.1) is 0 Å². The van der Waals surface area contributed by atoms with Gasteiger partial charge in [-0.2, -0.15) is 0 Å². The summed E-state index contributed by atoms with van der Waals surface area (Å²) in [4.78, 5) is 0. The van der Waals surface area contributed by atoms with Crippen LogP contribution >= 0.6 is 0 Å². The predicted molar refractivity (Wildman–Crippen MR) is 76.7 cm³/mol. The maximum Gasteiger partial charge on any atom is 0.119 e. The first-order valence-corrected chi connectivity index (χ1v) is 6.07. The maximum absolute atomic E-state index is 9.99. The fraction of sp³-hybridized carbons (Fsp3) is 0.600. The van der Waals surface area contributed by atoms with E-state index >= 15 is 0 Å². The van der Waals surface area contributed by atoms with Crippen molar-refractivity contribution in [3.05, 3.63) is 29.8 Å². The normalized spacial score (nSPS) is 21.8. The van der Waals surface area contributed by atoms with Crippen molar-refractivity contribution in [1.82, 2.24) is 5.32 Å². The maximum atomic E-state index is 9.99. The highest BCUT2D eigenvalue weighted by molar-refractivity contribution is 5.27. The highest BCUT2D eigenvalue weighted by Crippen LogP contribution is 2.12. The van der Waals surface area contributed by atoms with Gasteiger partial charge in [-0.3, -0.25) is 0 Å². The summed E-state index contributed by atoms with van der Waals surface area (Å²) >= 11 is 0. The fourth-order valence-corrected chi connectivity index (χ4v) is 1.38. The van der Waals surface area contributed by atoms with Crippen LogP contribution in [0.4, 0.5) is 0 Å². The number of nitrogens with one attached hydrogen (secondary N) is 1. The third kappa shape index (κ3) is 7.15. The summed E-state index contributed by atoms with van der Waals surface area (Å²) in [5.41, 5.74) is 1.05. The van der Waals surface area contributed by atoms with Crippen molar-refractivity contribution < 1.29 is 22.8 Å². The molecule has 0 heterocycles. The Morgan fingerprint density at radius 2 is 2.21 bits per heavy atom. The quantitative estimate of drug-likeness (QED) is 0.718. The van der Waals surface area contributed by atoms with Gasteiger partial charge in [0.15, 0.2) is 0 Å². The summed E-state index contributed by atoms with van der Waals surface area (Å²) in [7, 11) is 1.62.